The number of carboxylic acid groups (broad SMARTS) is 1. The van der Waals surface area contributed by atoms with Crippen LogP contribution in [0.15, 0.2) is 97.2 Å². The van der Waals surface area contributed by atoms with Crippen LogP contribution < -0.4 is 5.73 Å². The van der Waals surface area contributed by atoms with Crippen molar-refractivity contribution in [3.8, 4) is 0 Å². The molecular weight excluding hydrogens is 749 g/mol. The van der Waals surface area contributed by atoms with Crippen molar-refractivity contribution in [1.82, 2.24) is 0 Å². The average molecular weight is 820 g/mol. The molecule has 1 unspecified atom stereocenters. The zero-order valence-corrected chi connectivity index (χ0v) is 35.1. The number of carboxylic acids is 1. The number of aliphatic hydroxyl groups excluding tert-OH is 1. The lowest BCUT2D eigenvalue weighted by Crippen LogP contribution is -2.34. The summed E-state index contributed by atoms with van der Waals surface area (Å²) in [6.45, 7) is 2.44. The van der Waals surface area contributed by atoms with Crippen LogP contribution in [0.25, 0.3) is 0 Å². The lowest BCUT2D eigenvalue weighted by Gasteiger charge is -2.20. The third-order valence-corrected chi connectivity index (χ3v) is 8.85. The fourth-order valence-corrected chi connectivity index (χ4v) is 5.43. The molecule has 5 N–H and O–H groups in total. The van der Waals surface area contributed by atoms with E-state index in [4.69, 9.17) is 24.8 Å². The Hall–Kier alpha value is -3.64. The number of phosphoric acid groups is 1. The summed E-state index contributed by atoms with van der Waals surface area (Å²) in [7, 11) is -4.76. The fraction of sp³-hybridized carbons (Fsp3) is 0.568. The van der Waals surface area contributed by atoms with Crippen LogP contribution >= 0.6 is 7.82 Å². The fourth-order valence-electron chi connectivity index (χ4n) is 4.66. The van der Waals surface area contributed by atoms with Gasteiger partial charge < -0.3 is 30.3 Å². The molecule has 0 aliphatic carbocycles. The monoisotopic (exact) mass is 819 g/mol. The van der Waals surface area contributed by atoms with Gasteiger partial charge in [0.2, 0.25) is 0 Å². The highest BCUT2D eigenvalue weighted by molar-refractivity contribution is 7.47. The summed E-state index contributed by atoms with van der Waals surface area (Å²) >= 11 is 0. The van der Waals surface area contributed by atoms with Gasteiger partial charge in [0.1, 0.15) is 12.6 Å². The van der Waals surface area contributed by atoms with Crippen molar-refractivity contribution >= 4 is 25.7 Å². The number of aliphatic hydroxyl groups is 1. The molecule has 0 saturated heterocycles. The minimum Gasteiger partial charge on any atom is -0.480 e. The Morgan fingerprint density at radius 2 is 1.19 bits per heavy atom. The lowest BCUT2D eigenvalue weighted by molar-refractivity contribution is -0.161. The molecule has 13 heteroatoms. The number of ether oxygens (including phenoxy) is 2. The zero-order valence-electron chi connectivity index (χ0n) is 34.2. The Morgan fingerprint density at radius 3 is 1.82 bits per heavy atom. The molecule has 322 valence electrons. The smallest absolute Gasteiger partial charge is 0.472 e. The zero-order chi connectivity index (χ0) is 42.2. The molecule has 0 saturated carbocycles. The van der Waals surface area contributed by atoms with Gasteiger partial charge in [-0.1, -0.05) is 124 Å². The molecule has 0 rings (SSSR count). The Bertz CT molecular complexity index is 1350. The van der Waals surface area contributed by atoms with Crippen molar-refractivity contribution in [2.45, 2.75) is 141 Å². The number of unbranched alkanes of at least 4 members (excludes halogenated alkanes) is 6. The number of nitrogens with two attached hydrogens (primary N) is 1. The first-order valence-corrected chi connectivity index (χ1v) is 21.9. The third-order valence-electron chi connectivity index (χ3n) is 7.90. The molecule has 0 spiro atoms. The first-order chi connectivity index (χ1) is 27.5. The Labute approximate surface area is 341 Å². The minimum atomic E-state index is -4.76. The van der Waals surface area contributed by atoms with Crippen LogP contribution in [0.5, 0.6) is 0 Å². The second-order valence-electron chi connectivity index (χ2n) is 13.2. The average Bonchev–Trinajstić information content (AvgIpc) is 3.18. The molecule has 0 radical (unpaired) electrons. The van der Waals surface area contributed by atoms with E-state index >= 15 is 0 Å². The normalized spacial score (nSPS) is 15.3. The quantitative estimate of drug-likeness (QED) is 0.0154. The number of aliphatic carboxylic acids is 1. The summed E-state index contributed by atoms with van der Waals surface area (Å²) in [5.41, 5.74) is 5.31. The summed E-state index contributed by atoms with van der Waals surface area (Å²) in [6, 6.07) is -1.55. The molecule has 0 amide bonds. The number of phosphoric ester groups is 1. The molecule has 0 bridgehead atoms. The van der Waals surface area contributed by atoms with Crippen molar-refractivity contribution in [3.05, 3.63) is 97.2 Å². The maximum absolute atomic E-state index is 12.6. The molecule has 57 heavy (non-hydrogen) atoms. The second kappa shape index (κ2) is 37.9. The van der Waals surface area contributed by atoms with Gasteiger partial charge in [0.15, 0.2) is 6.10 Å². The van der Waals surface area contributed by atoms with E-state index in [2.05, 4.69) is 73.1 Å². The molecule has 0 fully saturated rings. The van der Waals surface area contributed by atoms with Crippen molar-refractivity contribution in [3.63, 3.8) is 0 Å². The van der Waals surface area contributed by atoms with Crippen molar-refractivity contribution in [2.75, 3.05) is 19.8 Å². The number of rotatable bonds is 36. The summed E-state index contributed by atoms with van der Waals surface area (Å²) in [5.74, 6) is -2.57. The standard InChI is InChI=1S/C44H70NO11P/c1-3-5-7-9-11-12-13-14-15-16-17-18-22-27-31-35-43(48)56-40(37-54-57(51,52)55-38-41(45)44(49)50)36-53-42(47)34-30-26-23-19-21-25-29-33-39(46)32-28-24-20-10-8-6-4-2/h5,7,11-12,14-15,17-20,23-25,28-29,32,39-41,46H,3-4,6,8-10,13,16,21-22,26-27,30-31,33-38,45H2,1-2H3,(H,49,50)(H,51,52)/b7-5-,12-11-,15-14-,18-17-,23-19+,24-20-,29-25-,32-28-/t39-,40-,41+/m1/s1. The molecule has 12 nitrogen and oxygen atoms in total. The van der Waals surface area contributed by atoms with Gasteiger partial charge in [-0.15, -0.1) is 0 Å². The van der Waals surface area contributed by atoms with E-state index in [0.29, 0.717) is 32.1 Å². The van der Waals surface area contributed by atoms with Gasteiger partial charge in [-0.2, -0.15) is 0 Å². The van der Waals surface area contributed by atoms with Gasteiger partial charge >= 0.3 is 25.7 Å². The van der Waals surface area contributed by atoms with Crippen LogP contribution in [0, 0.1) is 0 Å². The highest BCUT2D eigenvalue weighted by atomic mass is 31.2. The summed E-state index contributed by atoms with van der Waals surface area (Å²) in [6.07, 6.45) is 43.7. The van der Waals surface area contributed by atoms with Gasteiger partial charge in [-0.25, -0.2) is 4.57 Å². The number of allylic oxidation sites excluding steroid dienone is 14. The van der Waals surface area contributed by atoms with Crippen molar-refractivity contribution in [2.24, 2.45) is 5.73 Å². The van der Waals surface area contributed by atoms with Gasteiger partial charge in [-0.05, 0) is 83.5 Å². The first kappa shape index (κ1) is 53.4. The van der Waals surface area contributed by atoms with E-state index in [1.807, 2.05) is 36.5 Å². The highest BCUT2D eigenvalue weighted by Gasteiger charge is 2.28. The molecule has 0 aliphatic heterocycles. The SMILES string of the molecule is CC/C=C\C/C=C\C/C=C\C/C=C\CCCCC(=O)O[C@H](COC(=O)CCC/C=C/C/C=C\C[C@H](O)/C=C\C=C/CCCCC)COP(=O)(O)OC[C@H](N)C(=O)O. The Balaban J connectivity index is 4.65. The van der Waals surface area contributed by atoms with Crippen molar-refractivity contribution < 1.29 is 52.6 Å². The number of esters is 2. The predicted octanol–water partition coefficient (Wildman–Crippen LogP) is 9.47. The summed E-state index contributed by atoms with van der Waals surface area (Å²) in [4.78, 5) is 45.8. The van der Waals surface area contributed by atoms with Crippen LogP contribution in [0.1, 0.15) is 123 Å². The van der Waals surface area contributed by atoms with Gasteiger partial charge in [0, 0.05) is 12.8 Å². The molecule has 0 aromatic carbocycles. The molecular formula is C44H70NO11P. The summed E-state index contributed by atoms with van der Waals surface area (Å²) in [5, 5.41) is 18.9. The maximum atomic E-state index is 12.6. The molecule has 0 aliphatic rings. The van der Waals surface area contributed by atoms with Crippen molar-refractivity contribution in [1.29, 1.82) is 0 Å². The number of carbonyl (C=O) groups is 3. The summed E-state index contributed by atoms with van der Waals surface area (Å²) < 4.78 is 32.5. The van der Waals surface area contributed by atoms with E-state index < -0.39 is 63.8 Å². The lowest BCUT2D eigenvalue weighted by atomic mass is 10.2. The molecule has 0 aromatic rings. The van der Waals surface area contributed by atoms with Crippen LogP contribution in [0.4, 0.5) is 0 Å². The molecule has 0 aromatic heterocycles. The van der Waals surface area contributed by atoms with Crippen LogP contribution in [-0.2, 0) is 37.5 Å². The van der Waals surface area contributed by atoms with E-state index in [1.165, 1.54) is 19.3 Å². The number of hydrogen-bond acceptors (Lipinski definition) is 10. The van der Waals surface area contributed by atoms with E-state index in [0.717, 1.165) is 44.9 Å². The van der Waals surface area contributed by atoms with Gasteiger partial charge in [0.25, 0.3) is 0 Å². The van der Waals surface area contributed by atoms with Crippen LogP contribution in [0.3, 0.4) is 0 Å². The number of hydrogen-bond donors (Lipinski definition) is 4. The molecule has 0 heterocycles. The Kier molecular flexibility index (Phi) is 35.5. The molecule has 4 atom stereocenters. The minimum absolute atomic E-state index is 0.0781. The first-order valence-electron chi connectivity index (χ1n) is 20.4. The van der Waals surface area contributed by atoms with Gasteiger partial charge in [-0.3, -0.25) is 23.4 Å². The topological polar surface area (TPSA) is 192 Å². The second-order valence-corrected chi connectivity index (χ2v) is 14.7. The van der Waals surface area contributed by atoms with Gasteiger partial charge in [0.05, 0.1) is 19.3 Å². The van der Waals surface area contributed by atoms with Crippen LogP contribution in [-0.4, -0.2) is 71.1 Å². The van der Waals surface area contributed by atoms with E-state index in [9.17, 15) is 28.9 Å². The maximum Gasteiger partial charge on any atom is 0.472 e. The van der Waals surface area contributed by atoms with E-state index in [-0.39, 0.29) is 12.8 Å². The predicted molar refractivity (Wildman–Crippen MR) is 227 cm³/mol. The largest absolute Gasteiger partial charge is 0.480 e. The number of carbonyl (C=O) groups excluding carboxylic acids is 2. The van der Waals surface area contributed by atoms with E-state index in [1.54, 1.807) is 6.08 Å². The third kappa shape index (κ3) is 37.7. The van der Waals surface area contributed by atoms with Crippen LogP contribution in [0.2, 0.25) is 0 Å². The Morgan fingerprint density at radius 1 is 0.649 bits per heavy atom. The highest BCUT2D eigenvalue weighted by Crippen LogP contribution is 2.43.